The Morgan fingerprint density at radius 2 is 1.85 bits per heavy atom. The molecule has 0 aliphatic carbocycles. The van der Waals surface area contributed by atoms with Crippen molar-refractivity contribution < 1.29 is 13.6 Å². The van der Waals surface area contributed by atoms with Crippen LogP contribution in [-0.2, 0) is 0 Å². The summed E-state index contributed by atoms with van der Waals surface area (Å²) in [6.45, 7) is 0. The molecule has 4 rings (SSSR count). The zero-order valence-corrected chi connectivity index (χ0v) is 14.3. The van der Waals surface area contributed by atoms with Crippen LogP contribution in [0.4, 0.5) is 10.1 Å². The van der Waals surface area contributed by atoms with Crippen LogP contribution in [0.1, 0.15) is 10.6 Å². The number of nitrogens with zero attached hydrogens (tertiary/aromatic N) is 1. The first-order valence-corrected chi connectivity index (χ1v) is 8.74. The third-order valence-electron chi connectivity index (χ3n) is 3.79. The highest BCUT2D eigenvalue weighted by Gasteiger charge is 2.11. The van der Waals surface area contributed by atoms with Gasteiger partial charge in [-0.2, -0.15) is 0 Å². The number of carbonyl (C=O) groups excluding carboxylic acids is 1. The van der Waals surface area contributed by atoms with E-state index in [0.29, 0.717) is 16.9 Å². The van der Waals surface area contributed by atoms with E-state index < -0.39 is 0 Å². The minimum Gasteiger partial charge on any atom is -0.459 e. The lowest BCUT2D eigenvalue weighted by atomic mass is 10.1. The molecule has 0 bridgehead atoms. The molecule has 0 radical (unpaired) electrons. The predicted octanol–water partition coefficient (Wildman–Crippen LogP) is 5.46. The van der Waals surface area contributed by atoms with Crippen LogP contribution in [0.2, 0.25) is 0 Å². The molecule has 128 valence electrons. The van der Waals surface area contributed by atoms with Gasteiger partial charge in [-0.25, -0.2) is 9.37 Å². The molecule has 2 aromatic heterocycles. The summed E-state index contributed by atoms with van der Waals surface area (Å²) in [5.41, 5.74) is 2.64. The lowest BCUT2D eigenvalue weighted by molar-refractivity contribution is 0.0996. The summed E-state index contributed by atoms with van der Waals surface area (Å²) in [6.07, 6.45) is 1.45. The second-order valence-electron chi connectivity index (χ2n) is 5.53. The van der Waals surface area contributed by atoms with Crippen molar-refractivity contribution in [3.05, 3.63) is 83.9 Å². The maximum Gasteiger partial charge on any atom is 0.291 e. The van der Waals surface area contributed by atoms with Crippen LogP contribution in [0.15, 0.2) is 76.7 Å². The molecule has 1 amide bonds. The van der Waals surface area contributed by atoms with E-state index in [1.165, 1.54) is 23.7 Å². The monoisotopic (exact) mass is 364 g/mol. The van der Waals surface area contributed by atoms with Gasteiger partial charge < -0.3 is 9.73 Å². The van der Waals surface area contributed by atoms with Crippen LogP contribution < -0.4 is 5.32 Å². The number of amides is 1. The van der Waals surface area contributed by atoms with Crippen molar-refractivity contribution in [2.24, 2.45) is 0 Å². The summed E-state index contributed by atoms with van der Waals surface area (Å²) in [4.78, 5) is 16.5. The lowest BCUT2D eigenvalue weighted by Gasteiger charge is -2.04. The number of carbonyl (C=O) groups is 1. The van der Waals surface area contributed by atoms with E-state index in [1.54, 1.807) is 42.5 Å². The molecular formula is C20H13FN2O2S. The smallest absolute Gasteiger partial charge is 0.291 e. The number of rotatable bonds is 4. The fourth-order valence-corrected chi connectivity index (χ4v) is 3.32. The number of aromatic nitrogens is 1. The first-order valence-electron chi connectivity index (χ1n) is 7.86. The van der Waals surface area contributed by atoms with Crippen molar-refractivity contribution in [3.63, 3.8) is 0 Å². The third kappa shape index (κ3) is 3.27. The van der Waals surface area contributed by atoms with Gasteiger partial charge in [-0.05, 0) is 48.5 Å². The topological polar surface area (TPSA) is 55.1 Å². The van der Waals surface area contributed by atoms with Crippen LogP contribution in [0, 0.1) is 5.82 Å². The molecule has 0 unspecified atom stereocenters. The number of benzene rings is 2. The van der Waals surface area contributed by atoms with Crippen LogP contribution >= 0.6 is 11.3 Å². The van der Waals surface area contributed by atoms with E-state index in [1.807, 2.05) is 17.5 Å². The highest BCUT2D eigenvalue weighted by molar-refractivity contribution is 7.13. The highest BCUT2D eigenvalue weighted by Crippen LogP contribution is 2.30. The van der Waals surface area contributed by atoms with E-state index in [9.17, 15) is 9.18 Å². The Morgan fingerprint density at radius 1 is 1.04 bits per heavy atom. The van der Waals surface area contributed by atoms with Gasteiger partial charge in [0.25, 0.3) is 5.91 Å². The molecular weight excluding hydrogens is 351 g/mol. The van der Waals surface area contributed by atoms with Gasteiger partial charge in [0, 0.05) is 22.2 Å². The zero-order valence-electron chi connectivity index (χ0n) is 13.5. The second kappa shape index (κ2) is 6.93. The molecule has 0 atom stereocenters. The maximum atomic E-state index is 13.9. The average molecular weight is 364 g/mol. The SMILES string of the molecule is O=C(Nc1ccc(-c2nc(-c3ccccc3F)cs2)cc1)c1ccco1. The average Bonchev–Trinajstić information content (AvgIpc) is 3.35. The van der Waals surface area contributed by atoms with Gasteiger partial charge in [0.2, 0.25) is 0 Å². The number of thiazole rings is 1. The number of anilines is 1. The standard InChI is InChI=1S/C20H13FN2O2S/c21-16-5-2-1-4-15(16)17-12-26-20(23-17)13-7-9-14(10-8-13)22-19(24)18-6-3-11-25-18/h1-12H,(H,22,24). The summed E-state index contributed by atoms with van der Waals surface area (Å²) in [7, 11) is 0. The second-order valence-corrected chi connectivity index (χ2v) is 6.38. The lowest BCUT2D eigenvalue weighted by Crippen LogP contribution is -2.10. The van der Waals surface area contributed by atoms with E-state index in [0.717, 1.165) is 10.6 Å². The minimum atomic E-state index is -0.307. The van der Waals surface area contributed by atoms with Gasteiger partial charge >= 0.3 is 0 Å². The molecule has 0 aliphatic heterocycles. The van der Waals surface area contributed by atoms with E-state index in [4.69, 9.17) is 4.42 Å². The van der Waals surface area contributed by atoms with Crippen LogP contribution in [0.25, 0.3) is 21.8 Å². The molecule has 1 N–H and O–H groups in total. The van der Waals surface area contributed by atoms with Gasteiger partial charge in [0.15, 0.2) is 5.76 Å². The molecule has 0 fully saturated rings. The largest absolute Gasteiger partial charge is 0.459 e. The summed E-state index contributed by atoms with van der Waals surface area (Å²) >= 11 is 1.44. The minimum absolute atomic E-state index is 0.253. The van der Waals surface area contributed by atoms with Crippen molar-refractivity contribution in [3.8, 4) is 21.8 Å². The highest BCUT2D eigenvalue weighted by atomic mass is 32.1. The van der Waals surface area contributed by atoms with E-state index >= 15 is 0 Å². The number of furan rings is 1. The third-order valence-corrected chi connectivity index (χ3v) is 4.68. The Bertz CT molecular complexity index is 1040. The Morgan fingerprint density at radius 3 is 2.58 bits per heavy atom. The van der Waals surface area contributed by atoms with Crippen molar-refractivity contribution in [1.29, 1.82) is 0 Å². The molecule has 0 saturated carbocycles. The molecule has 2 heterocycles. The molecule has 0 aliphatic rings. The molecule has 0 spiro atoms. The Balaban J connectivity index is 1.53. The summed E-state index contributed by atoms with van der Waals surface area (Å²) in [5, 5.41) is 5.38. The predicted molar refractivity (Wildman–Crippen MR) is 99.6 cm³/mol. The quantitative estimate of drug-likeness (QED) is 0.523. The molecule has 0 saturated heterocycles. The Labute approximate surface area is 152 Å². The van der Waals surface area contributed by atoms with E-state index in [-0.39, 0.29) is 17.5 Å². The van der Waals surface area contributed by atoms with Crippen molar-refractivity contribution >= 4 is 22.9 Å². The first kappa shape index (κ1) is 16.2. The number of hydrogen-bond acceptors (Lipinski definition) is 4. The zero-order chi connectivity index (χ0) is 17.9. The van der Waals surface area contributed by atoms with Crippen LogP contribution in [-0.4, -0.2) is 10.9 Å². The Hall–Kier alpha value is -3.25. The maximum absolute atomic E-state index is 13.9. The summed E-state index contributed by atoms with van der Waals surface area (Å²) in [5.74, 6) is -0.345. The van der Waals surface area contributed by atoms with Crippen molar-refractivity contribution in [2.45, 2.75) is 0 Å². The van der Waals surface area contributed by atoms with Gasteiger partial charge in [-0.15, -0.1) is 11.3 Å². The van der Waals surface area contributed by atoms with E-state index in [2.05, 4.69) is 10.3 Å². The van der Waals surface area contributed by atoms with Gasteiger partial charge in [-0.3, -0.25) is 4.79 Å². The summed E-state index contributed by atoms with van der Waals surface area (Å²) in [6, 6.07) is 17.1. The van der Waals surface area contributed by atoms with Gasteiger partial charge in [0.05, 0.1) is 12.0 Å². The fraction of sp³-hybridized carbons (Fsp3) is 0. The molecule has 4 aromatic rings. The van der Waals surface area contributed by atoms with Gasteiger partial charge in [-0.1, -0.05) is 12.1 Å². The summed E-state index contributed by atoms with van der Waals surface area (Å²) < 4.78 is 19.0. The fourth-order valence-electron chi connectivity index (χ4n) is 2.50. The van der Waals surface area contributed by atoms with Crippen LogP contribution in [0.5, 0.6) is 0 Å². The molecule has 4 nitrogen and oxygen atoms in total. The number of halogens is 1. The molecule has 26 heavy (non-hydrogen) atoms. The van der Waals surface area contributed by atoms with Gasteiger partial charge in [0.1, 0.15) is 10.8 Å². The molecule has 6 heteroatoms. The molecule has 2 aromatic carbocycles. The van der Waals surface area contributed by atoms with Crippen molar-refractivity contribution in [1.82, 2.24) is 4.98 Å². The first-order chi connectivity index (χ1) is 12.7. The number of hydrogen-bond donors (Lipinski definition) is 1. The van der Waals surface area contributed by atoms with Crippen LogP contribution in [0.3, 0.4) is 0 Å². The Kier molecular flexibility index (Phi) is 4.33. The normalized spacial score (nSPS) is 10.7. The number of nitrogens with one attached hydrogen (secondary N) is 1. The van der Waals surface area contributed by atoms with Crippen molar-refractivity contribution in [2.75, 3.05) is 5.32 Å².